The number of benzene rings is 2. The van der Waals surface area contributed by atoms with E-state index in [1.807, 2.05) is 44.0 Å². The van der Waals surface area contributed by atoms with Gasteiger partial charge in [-0.2, -0.15) is 0 Å². The molecule has 1 unspecified atom stereocenters. The van der Waals surface area contributed by atoms with Crippen LogP contribution in [0.15, 0.2) is 54.7 Å². The third-order valence-corrected chi connectivity index (χ3v) is 5.05. The van der Waals surface area contributed by atoms with Gasteiger partial charge in [0.05, 0.1) is 0 Å². The number of rotatable bonds is 6. The number of carbonyl (C=O) groups is 1. The van der Waals surface area contributed by atoms with Crippen molar-refractivity contribution < 1.29 is 9.18 Å². The van der Waals surface area contributed by atoms with Gasteiger partial charge in [0.1, 0.15) is 5.82 Å². The number of hydrogen-bond donors (Lipinski definition) is 0. The van der Waals surface area contributed by atoms with Crippen molar-refractivity contribution in [3.05, 3.63) is 71.7 Å². The van der Waals surface area contributed by atoms with Crippen LogP contribution in [0.2, 0.25) is 0 Å². The summed E-state index contributed by atoms with van der Waals surface area (Å²) in [6.07, 6.45) is 2.40. The fourth-order valence-corrected chi connectivity index (χ4v) is 3.66. The van der Waals surface area contributed by atoms with Crippen LogP contribution in [-0.2, 0) is 11.8 Å². The maximum atomic E-state index is 13.9. The molecule has 3 nitrogen and oxygen atoms in total. The van der Waals surface area contributed by atoms with E-state index in [9.17, 15) is 9.18 Å². The summed E-state index contributed by atoms with van der Waals surface area (Å²) in [6.45, 7) is 5.33. The first kappa shape index (κ1) is 18.2. The van der Waals surface area contributed by atoms with Gasteiger partial charge in [-0.3, -0.25) is 4.79 Å². The largest absolute Gasteiger partial charge is 0.350 e. The van der Waals surface area contributed by atoms with Crippen LogP contribution in [-0.4, -0.2) is 28.5 Å². The Balaban J connectivity index is 2.09. The van der Waals surface area contributed by atoms with Gasteiger partial charge in [0, 0.05) is 49.6 Å². The first-order valence-electron chi connectivity index (χ1n) is 9.12. The van der Waals surface area contributed by atoms with Crippen LogP contribution in [0.4, 0.5) is 4.39 Å². The predicted molar refractivity (Wildman–Crippen MR) is 104 cm³/mol. The molecule has 0 bridgehead atoms. The predicted octanol–water partition coefficient (Wildman–Crippen LogP) is 4.71. The zero-order valence-electron chi connectivity index (χ0n) is 15.6. The third kappa shape index (κ3) is 3.50. The fourth-order valence-electron chi connectivity index (χ4n) is 3.66. The van der Waals surface area contributed by atoms with E-state index in [1.165, 1.54) is 6.07 Å². The summed E-state index contributed by atoms with van der Waals surface area (Å²) in [5.74, 6) is -0.356. The molecule has 136 valence electrons. The lowest BCUT2D eigenvalue weighted by atomic mass is 9.87. The summed E-state index contributed by atoms with van der Waals surface area (Å²) in [5.41, 5.74) is 3.01. The van der Waals surface area contributed by atoms with Crippen molar-refractivity contribution in [1.82, 2.24) is 9.47 Å². The summed E-state index contributed by atoms with van der Waals surface area (Å²) in [4.78, 5) is 14.6. The second-order valence-electron chi connectivity index (χ2n) is 6.59. The van der Waals surface area contributed by atoms with Crippen molar-refractivity contribution in [2.45, 2.75) is 26.2 Å². The molecule has 0 spiro atoms. The Labute approximate surface area is 154 Å². The van der Waals surface area contributed by atoms with Gasteiger partial charge in [0.15, 0.2) is 0 Å². The maximum absolute atomic E-state index is 13.9. The zero-order valence-corrected chi connectivity index (χ0v) is 15.6. The van der Waals surface area contributed by atoms with E-state index in [0.717, 1.165) is 22.0 Å². The summed E-state index contributed by atoms with van der Waals surface area (Å²) in [7, 11) is 2.00. The summed E-state index contributed by atoms with van der Waals surface area (Å²) >= 11 is 0. The number of fused-ring (bicyclic) bond motifs is 1. The van der Waals surface area contributed by atoms with Crippen molar-refractivity contribution in [3.8, 4) is 0 Å². The summed E-state index contributed by atoms with van der Waals surface area (Å²) in [5, 5.41) is 1.11. The van der Waals surface area contributed by atoms with Crippen molar-refractivity contribution >= 4 is 16.8 Å². The number of amides is 1. The van der Waals surface area contributed by atoms with Crippen LogP contribution in [0, 0.1) is 5.82 Å². The number of nitrogens with zero attached hydrogens (tertiary/aromatic N) is 2. The van der Waals surface area contributed by atoms with Crippen LogP contribution in [0.3, 0.4) is 0 Å². The number of aromatic nitrogens is 1. The van der Waals surface area contributed by atoms with Gasteiger partial charge in [-0.15, -0.1) is 0 Å². The summed E-state index contributed by atoms with van der Waals surface area (Å²) < 4.78 is 16.0. The molecule has 26 heavy (non-hydrogen) atoms. The average Bonchev–Trinajstić information content (AvgIpc) is 2.98. The second-order valence-corrected chi connectivity index (χ2v) is 6.59. The van der Waals surface area contributed by atoms with E-state index in [-0.39, 0.29) is 17.6 Å². The summed E-state index contributed by atoms with van der Waals surface area (Å²) in [6, 6.07) is 14.7. The van der Waals surface area contributed by atoms with Crippen molar-refractivity contribution in [2.75, 3.05) is 13.1 Å². The minimum Gasteiger partial charge on any atom is -0.350 e. The van der Waals surface area contributed by atoms with Crippen LogP contribution in [0.25, 0.3) is 10.9 Å². The lowest BCUT2D eigenvalue weighted by molar-refractivity contribution is -0.131. The standard InChI is InChI=1S/C22H25FN2O/c1-4-25(5-2)22(26)14-19(16-9-8-10-17(23)13-16)20-15-24(3)21-12-7-6-11-18(20)21/h6-13,15,19H,4-5,14H2,1-3H3. The van der Waals surface area contributed by atoms with E-state index in [2.05, 4.69) is 22.9 Å². The zero-order chi connectivity index (χ0) is 18.7. The van der Waals surface area contributed by atoms with Crippen LogP contribution in [0.5, 0.6) is 0 Å². The highest BCUT2D eigenvalue weighted by atomic mass is 19.1. The number of hydrogen-bond acceptors (Lipinski definition) is 1. The molecule has 1 amide bonds. The molecule has 1 heterocycles. The van der Waals surface area contributed by atoms with E-state index in [1.54, 1.807) is 12.1 Å². The Kier molecular flexibility index (Phi) is 5.40. The van der Waals surface area contributed by atoms with E-state index in [0.29, 0.717) is 19.5 Å². The quantitative estimate of drug-likeness (QED) is 0.631. The number of carbonyl (C=O) groups excluding carboxylic acids is 1. The monoisotopic (exact) mass is 352 g/mol. The van der Waals surface area contributed by atoms with Gasteiger partial charge in [-0.1, -0.05) is 30.3 Å². The van der Waals surface area contributed by atoms with Crippen LogP contribution < -0.4 is 0 Å². The smallest absolute Gasteiger partial charge is 0.223 e. The topological polar surface area (TPSA) is 25.2 Å². The van der Waals surface area contributed by atoms with Gasteiger partial charge in [-0.25, -0.2) is 4.39 Å². The highest BCUT2D eigenvalue weighted by Gasteiger charge is 2.24. The van der Waals surface area contributed by atoms with E-state index >= 15 is 0 Å². The number of para-hydroxylation sites is 1. The van der Waals surface area contributed by atoms with Gasteiger partial charge >= 0.3 is 0 Å². The molecule has 0 N–H and O–H groups in total. The molecule has 0 radical (unpaired) electrons. The maximum Gasteiger partial charge on any atom is 0.223 e. The highest BCUT2D eigenvalue weighted by Crippen LogP contribution is 2.35. The Morgan fingerprint density at radius 3 is 2.54 bits per heavy atom. The molecule has 0 aliphatic rings. The van der Waals surface area contributed by atoms with Gasteiger partial charge in [-0.05, 0) is 43.2 Å². The second kappa shape index (κ2) is 7.73. The average molecular weight is 352 g/mol. The Bertz CT molecular complexity index is 911. The molecule has 4 heteroatoms. The Morgan fingerprint density at radius 1 is 1.12 bits per heavy atom. The normalized spacial score (nSPS) is 12.3. The molecule has 0 aliphatic heterocycles. The van der Waals surface area contributed by atoms with Crippen molar-refractivity contribution in [1.29, 1.82) is 0 Å². The minimum atomic E-state index is -0.275. The third-order valence-electron chi connectivity index (χ3n) is 5.05. The van der Waals surface area contributed by atoms with Crippen molar-refractivity contribution in [2.24, 2.45) is 7.05 Å². The Hall–Kier alpha value is -2.62. The molecule has 1 aromatic heterocycles. The minimum absolute atomic E-state index is 0.0946. The van der Waals surface area contributed by atoms with Gasteiger partial charge in [0.2, 0.25) is 5.91 Å². The molecule has 0 saturated heterocycles. The van der Waals surface area contributed by atoms with Crippen LogP contribution in [0.1, 0.15) is 37.3 Å². The molecule has 0 fully saturated rings. The molecular weight excluding hydrogens is 327 g/mol. The molecule has 3 aromatic rings. The molecule has 3 rings (SSSR count). The molecular formula is C22H25FN2O. The number of aryl methyl sites for hydroxylation is 1. The highest BCUT2D eigenvalue weighted by molar-refractivity contribution is 5.86. The van der Waals surface area contributed by atoms with E-state index < -0.39 is 0 Å². The molecule has 1 atom stereocenters. The van der Waals surface area contributed by atoms with E-state index in [4.69, 9.17) is 0 Å². The SMILES string of the molecule is CCN(CC)C(=O)CC(c1cccc(F)c1)c1cn(C)c2ccccc12. The fraction of sp³-hybridized carbons (Fsp3) is 0.318. The number of halogens is 1. The molecule has 0 saturated carbocycles. The van der Waals surface area contributed by atoms with Crippen molar-refractivity contribution in [3.63, 3.8) is 0 Å². The van der Waals surface area contributed by atoms with Crippen LogP contribution >= 0.6 is 0 Å². The lowest BCUT2D eigenvalue weighted by Crippen LogP contribution is -2.31. The molecule has 0 aliphatic carbocycles. The first-order chi connectivity index (χ1) is 12.5. The van der Waals surface area contributed by atoms with Gasteiger partial charge < -0.3 is 9.47 Å². The Morgan fingerprint density at radius 2 is 1.85 bits per heavy atom. The molecule has 2 aromatic carbocycles. The first-order valence-corrected chi connectivity index (χ1v) is 9.12. The van der Waals surface area contributed by atoms with Gasteiger partial charge in [0.25, 0.3) is 0 Å². The lowest BCUT2D eigenvalue weighted by Gasteiger charge is -2.23.